The van der Waals surface area contributed by atoms with Gasteiger partial charge in [-0.05, 0) is 0 Å². The van der Waals surface area contributed by atoms with Crippen LogP contribution >= 0.6 is 0 Å². The SMILES string of the molecule is CCN(CC)[C](=[Cr])/C(=C(/OC)c1ccccc1)N(CC)CC.[C-]#[O+].[C-]#[O+].[C-]#[O+].[C-]#[O+]. The first-order chi connectivity index (χ1) is 14.6. The topological polar surface area (TPSA) is 95.3 Å². The van der Waals surface area contributed by atoms with Gasteiger partial charge in [0.1, 0.15) is 0 Å². The Kier molecular flexibility index (Phi) is 31.7. The van der Waals surface area contributed by atoms with Gasteiger partial charge >= 0.3 is 188 Å². The maximum absolute atomic E-state index is 7.50. The van der Waals surface area contributed by atoms with E-state index in [1.165, 1.54) is 0 Å². The first-order valence-electron chi connectivity index (χ1n) is 8.83. The third-order valence-electron chi connectivity index (χ3n) is 3.79. The average Bonchev–Trinajstić information content (AvgIpc) is 2.85. The van der Waals surface area contributed by atoms with E-state index in [0.717, 1.165) is 47.7 Å². The summed E-state index contributed by atoms with van der Waals surface area (Å²) in [6.07, 6.45) is 0. The summed E-state index contributed by atoms with van der Waals surface area (Å²) in [5.74, 6) is 0.921. The monoisotopic (exact) mass is 452 g/mol. The Morgan fingerprint density at radius 3 is 1.43 bits per heavy atom. The van der Waals surface area contributed by atoms with Crippen molar-refractivity contribution in [3.05, 3.63) is 68.2 Å². The van der Waals surface area contributed by atoms with Crippen molar-refractivity contribution in [1.29, 1.82) is 0 Å². The third-order valence-corrected chi connectivity index (χ3v) is 4.49. The van der Waals surface area contributed by atoms with Crippen LogP contribution in [0.4, 0.5) is 0 Å². The molecule has 30 heavy (non-hydrogen) atoms. The Morgan fingerprint density at radius 2 is 1.13 bits per heavy atom. The van der Waals surface area contributed by atoms with Gasteiger partial charge in [0.25, 0.3) is 0 Å². The molecule has 8 heteroatoms. The molecule has 0 N–H and O–H groups in total. The molecule has 0 aromatic heterocycles. The molecule has 0 spiro atoms. The number of hydrogen-bond acceptors (Lipinski definition) is 3. The minimum atomic E-state index is 0.921. The van der Waals surface area contributed by atoms with Crippen molar-refractivity contribution < 1.29 is 39.2 Å². The molecule has 162 valence electrons. The number of methoxy groups -OCH3 is 1. The summed E-state index contributed by atoms with van der Waals surface area (Å²) in [4.78, 5) is 4.67. The van der Waals surface area contributed by atoms with Gasteiger partial charge in [0.15, 0.2) is 0 Å². The van der Waals surface area contributed by atoms with Crippen molar-refractivity contribution >= 4 is 10.3 Å². The first kappa shape index (κ1) is 35.3. The fourth-order valence-electron chi connectivity index (χ4n) is 2.52. The Morgan fingerprint density at radius 1 is 0.767 bits per heavy atom. The Balaban J connectivity index is -0.000000376. The predicted octanol–water partition coefficient (Wildman–Crippen LogP) is 3.21. The maximum atomic E-state index is 7.50. The molecule has 0 heterocycles. The molecule has 0 radical (unpaired) electrons. The molecule has 0 unspecified atom stereocenters. The summed E-state index contributed by atoms with van der Waals surface area (Å²) in [5, 5.41) is 0. The molecule has 7 nitrogen and oxygen atoms in total. The van der Waals surface area contributed by atoms with Crippen LogP contribution in [0.1, 0.15) is 33.3 Å². The Hall–Kier alpha value is -2.12. The Bertz CT molecular complexity index is 634. The second-order valence-corrected chi connectivity index (χ2v) is 5.50. The van der Waals surface area contributed by atoms with E-state index in [0.29, 0.717) is 0 Å². The van der Waals surface area contributed by atoms with Gasteiger partial charge in [0.05, 0.1) is 0 Å². The van der Waals surface area contributed by atoms with Crippen LogP contribution in [-0.4, -0.2) is 47.6 Å². The number of hydrogen-bond donors (Lipinski definition) is 0. The fraction of sp³-hybridized carbons (Fsp3) is 0.409. The van der Waals surface area contributed by atoms with E-state index in [-0.39, 0.29) is 0 Å². The van der Waals surface area contributed by atoms with Crippen LogP contribution in [0.25, 0.3) is 5.76 Å². The van der Waals surface area contributed by atoms with Crippen molar-refractivity contribution in [3.63, 3.8) is 0 Å². The zero-order chi connectivity index (χ0) is 24.5. The summed E-state index contributed by atoms with van der Waals surface area (Å²) < 4.78 is 37.0. The Labute approximate surface area is 188 Å². The van der Waals surface area contributed by atoms with E-state index < -0.39 is 0 Å². The first-order valence-corrected chi connectivity index (χ1v) is 9.47. The normalized spacial score (nSPS) is 9.13. The van der Waals surface area contributed by atoms with Crippen LogP contribution in [-0.2, 0) is 39.2 Å². The van der Waals surface area contributed by atoms with Crippen LogP contribution in [0.5, 0.6) is 0 Å². The minimum absolute atomic E-state index is 0.921. The molecule has 0 aliphatic carbocycles. The summed E-state index contributed by atoms with van der Waals surface area (Å²) in [5.41, 5.74) is 2.24. The number of rotatable bonds is 9. The third kappa shape index (κ3) is 12.4. The van der Waals surface area contributed by atoms with Crippen LogP contribution in [0, 0.1) is 26.6 Å². The van der Waals surface area contributed by atoms with Crippen molar-refractivity contribution in [3.8, 4) is 0 Å². The summed E-state index contributed by atoms with van der Waals surface area (Å²) >= 11 is 3.28. The number of ether oxygens (including phenoxy) is 1. The molecule has 1 aromatic carbocycles. The van der Waals surface area contributed by atoms with E-state index in [4.69, 9.17) is 23.3 Å². The molecule has 0 atom stereocenters. The zero-order valence-electron chi connectivity index (χ0n) is 18.1. The van der Waals surface area contributed by atoms with E-state index in [9.17, 15) is 0 Å². The summed E-state index contributed by atoms with van der Waals surface area (Å²) in [6, 6.07) is 10.3. The second-order valence-electron chi connectivity index (χ2n) is 4.90. The molecule has 1 aromatic rings. The van der Waals surface area contributed by atoms with Gasteiger partial charge in [-0.3, -0.25) is 0 Å². The molecule has 0 saturated carbocycles. The summed E-state index contributed by atoms with van der Waals surface area (Å²) in [7, 11) is 1.75. The second kappa shape index (κ2) is 26.9. The predicted molar refractivity (Wildman–Crippen MR) is 107 cm³/mol. The van der Waals surface area contributed by atoms with E-state index in [1.54, 1.807) is 7.11 Å². The van der Waals surface area contributed by atoms with E-state index in [2.05, 4.69) is 92.1 Å². The molecule has 0 amide bonds. The average molecular weight is 452 g/mol. The zero-order valence-corrected chi connectivity index (χ0v) is 19.3. The standard InChI is InChI=1S/C18H28N2O.4CO.Cr/c1-6-19(7-2)15-17(20(8-3)9-4)18(21-5)16-13-11-10-12-14-16;4*1-2;/h10-14H,6-9H2,1-5H3;;;;;/b18-17-;;;;;. The van der Waals surface area contributed by atoms with Crippen LogP contribution in [0.15, 0.2) is 36.0 Å². The van der Waals surface area contributed by atoms with Gasteiger partial charge in [-0.1, -0.05) is 0 Å². The molecule has 0 aliphatic rings. The summed E-state index contributed by atoms with van der Waals surface area (Å²) in [6.45, 7) is 30.5. The van der Waals surface area contributed by atoms with Gasteiger partial charge in [-0.2, -0.15) is 0 Å². The molecule has 0 fully saturated rings. The quantitative estimate of drug-likeness (QED) is 0.327. The van der Waals surface area contributed by atoms with Crippen molar-refractivity contribution in [2.24, 2.45) is 0 Å². The van der Waals surface area contributed by atoms with Gasteiger partial charge in [-0.15, -0.1) is 0 Å². The van der Waals surface area contributed by atoms with E-state index >= 15 is 0 Å². The van der Waals surface area contributed by atoms with Crippen molar-refractivity contribution in [2.45, 2.75) is 27.7 Å². The van der Waals surface area contributed by atoms with Crippen molar-refractivity contribution in [1.82, 2.24) is 9.80 Å². The van der Waals surface area contributed by atoms with Gasteiger partial charge in [0.2, 0.25) is 0 Å². The molecular weight excluding hydrogens is 424 g/mol. The van der Waals surface area contributed by atoms with E-state index in [1.807, 2.05) is 18.2 Å². The van der Waals surface area contributed by atoms with Gasteiger partial charge in [0, 0.05) is 0 Å². The molecule has 0 aliphatic heterocycles. The number of benzene rings is 1. The number of likely N-dealkylation sites (N-methyl/N-ethyl adjacent to an activating group) is 2. The molecular formula is C22H28CrN2O5. The molecule has 1 rings (SSSR count). The number of nitrogens with zero attached hydrogens (tertiary/aromatic N) is 2. The van der Waals surface area contributed by atoms with Crippen LogP contribution in [0.2, 0.25) is 0 Å². The van der Waals surface area contributed by atoms with Gasteiger partial charge in [-0.25, -0.2) is 0 Å². The van der Waals surface area contributed by atoms with Crippen molar-refractivity contribution in [2.75, 3.05) is 33.3 Å². The molecule has 0 bridgehead atoms. The fourth-order valence-corrected chi connectivity index (χ4v) is 3.27. The van der Waals surface area contributed by atoms with Gasteiger partial charge < -0.3 is 0 Å². The van der Waals surface area contributed by atoms with Crippen LogP contribution in [0.3, 0.4) is 0 Å². The molecule has 0 saturated heterocycles. The van der Waals surface area contributed by atoms with Crippen LogP contribution < -0.4 is 0 Å².